The number of carbonyl (C=O) groups excluding carboxylic acids is 1. The number of amides is 1. The molecule has 1 heterocycles. The van der Waals surface area contributed by atoms with Crippen LogP contribution in [0.25, 0.3) is 0 Å². The first-order valence-electron chi connectivity index (χ1n) is 5.60. The van der Waals surface area contributed by atoms with Crippen molar-refractivity contribution >= 4 is 6.09 Å². The fourth-order valence-corrected chi connectivity index (χ4v) is 1.85. The van der Waals surface area contributed by atoms with Gasteiger partial charge in [-0.2, -0.15) is 0 Å². The smallest absolute Gasteiger partial charge is 0.407 e. The molecule has 2 N–H and O–H groups in total. The number of aromatic hydroxyl groups is 1. The summed E-state index contributed by atoms with van der Waals surface area (Å²) in [6.45, 7) is 2.69. The minimum atomic E-state index is -0.456. The van der Waals surface area contributed by atoms with Crippen LogP contribution < -0.4 is 10.1 Å². The number of cyclic esters (lactones) is 1. The SMILES string of the molecule is CCOc1cccc([C@@H]2CCOC(=O)N2)c1O. The Balaban J connectivity index is 2.25. The predicted molar refractivity (Wildman–Crippen MR) is 61.1 cm³/mol. The average molecular weight is 237 g/mol. The van der Waals surface area contributed by atoms with Crippen molar-refractivity contribution in [2.24, 2.45) is 0 Å². The molecule has 0 unspecified atom stereocenters. The summed E-state index contributed by atoms with van der Waals surface area (Å²) in [4.78, 5) is 11.1. The molecular weight excluding hydrogens is 222 g/mol. The Morgan fingerprint density at radius 2 is 2.41 bits per heavy atom. The topological polar surface area (TPSA) is 67.8 Å². The van der Waals surface area contributed by atoms with Crippen LogP contribution in [-0.2, 0) is 4.74 Å². The van der Waals surface area contributed by atoms with Gasteiger partial charge in [-0.25, -0.2) is 4.79 Å². The van der Waals surface area contributed by atoms with Crippen molar-refractivity contribution in [2.45, 2.75) is 19.4 Å². The average Bonchev–Trinajstić information content (AvgIpc) is 2.32. The summed E-state index contributed by atoms with van der Waals surface area (Å²) >= 11 is 0. The highest BCUT2D eigenvalue weighted by molar-refractivity contribution is 5.69. The first-order valence-corrected chi connectivity index (χ1v) is 5.60. The second kappa shape index (κ2) is 4.95. The Kier molecular flexibility index (Phi) is 3.37. The molecule has 1 aromatic rings. The van der Waals surface area contributed by atoms with Gasteiger partial charge in [0.25, 0.3) is 0 Å². The monoisotopic (exact) mass is 237 g/mol. The third-order valence-corrected chi connectivity index (χ3v) is 2.64. The Morgan fingerprint density at radius 1 is 1.59 bits per heavy atom. The van der Waals surface area contributed by atoms with Crippen LogP contribution in [0.4, 0.5) is 4.79 Å². The highest BCUT2D eigenvalue weighted by atomic mass is 16.6. The standard InChI is InChI=1S/C12H15NO4/c1-2-16-10-5-3-4-8(11(10)14)9-6-7-17-12(15)13-9/h3-5,9,14H,2,6-7H2,1H3,(H,13,15)/t9-/m0/s1. The van der Waals surface area contributed by atoms with E-state index < -0.39 is 6.09 Å². The van der Waals surface area contributed by atoms with Crippen LogP contribution in [0.15, 0.2) is 18.2 Å². The molecule has 5 nitrogen and oxygen atoms in total. The molecule has 1 fully saturated rings. The zero-order chi connectivity index (χ0) is 12.3. The molecule has 92 valence electrons. The number of hydrogen-bond acceptors (Lipinski definition) is 4. The number of phenols is 1. The summed E-state index contributed by atoms with van der Waals surface area (Å²) in [5.74, 6) is 0.521. The molecule has 17 heavy (non-hydrogen) atoms. The van der Waals surface area contributed by atoms with Crippen molar-refractivity contribution < 1.29 is 19.4 Å². The van der Waals surface area contributed by atoms with Crippen molar-refractivity contribution in [3.05, 3.63) is 23.8 Å². The number of rotatable bonds is 3. The molecule has 1 aromatic carbocycles. The second-order valence-corrected chi connectivity index (χ2v) is 3.75. The van der Waals surface area contributed by atoms with Crippen LogP contribution in [0, 0.1) is 0 Å². The quantitative estimate of drug-likeness (QED) is 0.843. The van der Waals surface area contributed by atoms with Crippen LogP contribution in [0.5, 0.6) is 11.5 Å². The van der Waals surface area contributed by atoms with E-state index in [1.54, 1.807) is 18.2 Å². The number of para-hydroxylation sites is 1. The number of carbonyl (C=O) groups is 1. The van der Waals surface area contributed by atoms with Gasteiger partial charge in [-0.1, -0.05) is 12.1 Å². The molecule has 1 amide bonds. The molecule has 5 heteroatoms. The molecule has 1 saturated heterocycles. The fourth-order valence-electron chi connectivity index (χ4n) is 1.85. The van der Waals surface area contributed by atoms with Gasteiger partial charge in [-0.15, -0.1) is 0 Å². The third-order valence-electron chi connectivity index (χ3n) is 2.64. The first kappa shape index (κ1) is 11.6. The number of nitrogens with one attached hydrogen (secondary N) is 1. The van der Waals surface area contributed by atoms with Crippen molar-refractivity contribution in [2.75, 3.05) is 13.2 Å². The van der Waals surface area contributed by atoms with Crippen LogP contribution in [0.1, 0.15) is 24.9 Å². The van der Waals surface area contributed by atoms with Gasteiger partial charge in [-0.3, -0.25) is 0 Å². The Morgan fingerprint density at radius 3 is 3.12 bits per heavy atom. The fraction of sp³-hybridized carbons (Fsp3) is 0.417. The van der Waals surface area contributed by atoms with E-state index in [0.29, 0.717) is 30.9 Å². The molecule has 0 radical (unpaired) electrons. The number of phenolic OH excluding ortho intramolecular Hbond substituents is 1. The summed E-state index contributed by atoms with van der Waals surface area (Å²) in [6, 6.07) is 5.04. The maximum atomic E-state index is 11.1. The molecule has 1 aliphatic rings. The van der Waals surface area contributed by atoms with Crippen molar-refractivity contribution in [3.63, 3.8) is 0 Å². The zero-order valence-electron chi connectivity index (χ0n) is 9.60. The molecule has 0 spiro atoms. The largest absolute Gasteiger partial charge is 0.504 e. The molecule has 0 saturated carbocycles. The van der Waals surface area contributed by atoms with E-state index in [9.17, 15) is 9.90 Å². The van der Waals surface area contributed by atoms with Gasteiger partial charge < -0.3 is 19.9 Å². The molecule has 2 rings (SSSR count). The van der Waals surface area contributed by atoms with Crippen molar-refractivity contribution in [1.82, 2.24) is 5.32 Å². The van der Waals surface area contributed by atoms with Gasteiger partial charge in [0.1, 0.15) is 0 Å². The summed E-state index contributed by atoms with van der Waals surface area (Å²) in [6.07, 6.45) is 0.178. The highest BCUT2D eigenvalue weighted by Gasteiger charge is 2.24. The Labute approximate surface area is 99.3 Å². The summed E-state index contributed by atoms with van der Waals surface area (Å²) in [5, 5.41) is 12.7. The van der Waals surface area contributed by atoms with E-state index in [1.165, 1.54) is 0 Å². The highest BCUT2D eigenvalue weighted by Crippen LogP contribution is 2.35. The van der Waals surface area contributed by atoms with Gasteiger partial charge in [-0.05, 0) is 13.0 Å². The lowest BCUT2D eigenvalue weighted by molar-refractivity contribution is 0.115. The molecular formula is C12H15NO4. The van der Waals surface area contributed by atoms with Crippen LogP contribution in [0.3, 0.4) is 0 Å². The number of alkyl carbamates (subject to hydrolysis) is 1. The second-order valence-electron chi connectivity index (χ2n) is 3.75. The number of benzene rings is 1. The van der Waals surface area contributed by atoms with Crippen LogP contribution in [-0.4, -0.2) is 24.4 Å². The molecule has 0 aromatic heterocycles. The number of hydrogen-bond donors (Lipinski definition) is 2. The lowest BCUT2D eigenvalue weighted by Crippen LogP contribution is -2.35. The minimum Gasteiger partial charge on any atom is -0.504 e. The molecule has 0 bridgehead atoms. The molecule has 0 aliphatic carbocycles. The van der Waals surface area contributed by atoms with Crippen molar-refractivity contribution in [1.29, 1.82) is 0 Å². The Bertz CT molecular complexity index is 419. The maximum absolute atomic E-state index is 11.1. The predicted octanol–water partition coefficient (Wildman–Crippen LogP) is 1.96. The molecule has 1 aliphatic heterocycles. The van der Waals surface area contributed by atoms with E-state index in [4.69, 9.17) is 9.47 Å². The minimum absolute atomic E-state index is 0.0848. The summed E-state index contributed by atoms with van der Waals surface area (Å²) < 4.78 is 10.1. The van der Waals surface area contributed by atoms with Gasteiger partial charge in [0.15, 0.2) is 11.5 Å². The lowest BCUT2D eigenvalue weighted by atomic mass is 10.0. The van der Waals surface area contributed by atoms with Crippen LogP contribution >= 0.6 is 0 Å². The normalized spacial score (nSPS) is 19.4. The van der Waals surface area contributed by atoms with Crippen LogP contribution in [0.2, 0.25) is 0 Å². The first-order chi connectivity index (χ1) is 8.22. The third kappa shape index (κ3) is 2.43. The van der Waals surface area contributed by atoms with Gasteiger partial charge >= 0.3 is 6.09 Å². The van der Waals surface area contributed by atoms with Gasteiger partial charge in [0.05, 0.1) is 19.3 Å². The summed E-state index contributed by atoms with van der Waals surface area (Å²) in [7, 11) is 0. The van der Waals surface area contributed by atoms with Gasteiger partial charge in [0.2, 0.25) is 0 Å². The maximum Gasteiger partial charge on any atom is 0.407 e. The van der Waals surface area contributed by atoms with E-state index in [-0.39, 0.29) is 11.8 Å². The zero-order valence-corrected chi connectivity index (χ0v) is 9.60. The molecule has 1 atom stereocenters. The number of ether oxygens (including phenoxy) is 2. The summed E-state index contributed by atoms with van der Waals surface area (Å²) in [5.41, 5.74) is 0.660. The Hall–Kier alpha value is -1.91. The lowest BCUT2D eigenvalue weighted by Gasteiger charge is -2.24. The van der Waals surface area contributed by atoms with E-state index in [0.717, 1.165) is 0 Å². The van der Waals surface area contributed by atoms with E-state index in [2.05, 4.69) is 5.32 Å². The van der Waals surface area contributed by atoms with Gasteiger partial charge in [0, 0.05) is 12.0 Å². The van der Waals surface area contributed by atoms with E-state index in [1.807, 2.05) is 6.92 Å². The van der Waals surface area contributed by atoms with Crippen molar-refractivity contribution in [3.8, 4) is 11.5 Å². The van der Waals surface area contributed by atoms with E-state index >= 15 is 0 Å².